The molecule has 0 aliphatic rings. The summed E-state index contributed by atoms with van der Waals surface area (Å²) in [5.41, 5.74) is 0.506. The quantitative estimate of drug-likeness (QED) is 0.656. The summed E-state index contributed by atoms with van der Waals surface area (Å²) in [5.74, 6) is -0.160. The van der Waals surface area contributed by atoms with Crippen LogP contribution in [-0.4, -0.2) is 36.4 Å². The van der Waals surface area contributed by atoms with E-state index in [1.165, 1.54) is 12.4 Å². The third-order valence-electron chi connectivity index (χ3n) is 1.44. The van der Waals surface area contributed by atoms with Gasteiger partial charge < -0.3 is 10.1 Å². The van der Waals surface area contributed by atoms with Crippen molar-refractivity contribution in [3.8, 4) is 0 Å². The third-order valence-corrected chi connectivity index (χ3v) is 1.44. The second-order valence-electron chi connectivity index (χ2n) is 2.38. The van der Waals surface area contributed by atoms with Gasteiger partial charge in [-0.25, -0.2) is 0 Å². The highest BCUT2D eigenvalue weighted by Gasteiger charge is 2.02. The zero-order valence-corrected chi connectivity index (χ0v) is 7.36. The molecule has 1 aromatic heterocycles. The summed E-state index contributed by atoms with van der Waals surface area (Å²) >= 11 is 0. The topological polar surface area (TPSA) is 64.1 Å². The second kappa shape index (κ2) is 5.21. The molecule has 1 heterocycles. The summed E-state index contributed by atoms with van der Waals surface area (Å²) in [6.45, 7) is 1.00. The highest BCUT2D eigenvalue weighted by Crippen LogP contribution is 1.92. The molecular weight excluding hydrogens is 170 g/mol. The van der Waals surface area contributed by atoms with Crippen LogP contribution in [-0.2, 0) is 4.74 Å². The Morgan fingerprint density at radius 2 is 2.46 bits per heavy atom. The summed E-state index contributed by atoms with van der Waals surface area (Å²) in [7, 11) is 1.58. The molecule has 70 valence electrons. The molecule has 0 unspecified atom stereocenters. The number of rotatable bonds is 4. The Bertz CT molecular complexity index is 263. The number of hydrogen-bond donors (Lipinski definition) is 1. The number of carbonyl (C=O) groups excluding carboxylic acids is 1. The van der Waals surface area contributed by atoms with Gasteiger partial charge >= 0.3 is 0 Å². The number of amides is 1. The first-order valence-corrected chi connectivity index (χ1v) is 3.88. The van der Waals surface area contributed by atoms with Crippen LogP contribution in [0.5, 0.6) is 0 Å². The Kier molecular flexibility index (Phi) is 3.84. The van der Waals surface area contributed by atoms with E-state index >= 15 is 0 Å². The number of nitrogens with zero attached hydrogens (tertiary/aromatic N) is 2. The lowest BCUT2D eigenvalue weighted by atomic mass is 10.3. The van der Waals surface area contributed by atoms with E-state index in [4.69, 9.17) is 4.74 Å². The fourth-order valence-electron chi connectivity index (χ4n) is 0.794. The maximum absolute atomic E-state index is 11.3. The normalized spacial score (nSPS) is 9.62. The maximum Gasteiger partial charge on any atom is 0.253 e. The Morgan fingerprint density at radius 3 is 3.08 bits per heavy atom. The van der Waals surface area contributed by atoms with Gasteiger partial charge in [0.25, 0.3) is 5.91 Å². The first-order valence-electron chi connectivity index (χ1n) is 3.88. The van der Waals surface area contributed by atoms with E-state index in [0.717, 1.165) is 0 Å². The summed E-state index contributed by atoms with van der Waals surface area (Å²) in [5, 5.41) is 9.83. The SMILES string of the molecule is COCCNC(=O)c1ccnnc1. The van der Waals surface area contributed by atoms with Crippen molar-refractivity contribution < 1.29 is 9.53 Å². The summed E-state index contributed by atoms with van der Waals surface area (Å²) in [6.07, 6.45) is 2.90. The van der Waals surface area contributed by atoms with Gasteiger partial charge in [0.15, 0.2) is 0 Å². The van der Waals surface area contributed by atoms with E-state index in [-0.39, 0.29) is 5.91 Å². The summed E-state index contributed by atoms with van der Waals surface area (Å²) in [4.78, 5) is 11.3. The van der Waals surface area contributed by atoms with Crippen LogP contribution in [0.25, 0.3) is 0 Å². The zero-order chi connectivity index (χ0) is 9.52. The van der Waals surface area contributed by atoms with Crippen LogP contribution in [0.2, 0.25) is 0 Å². The van der Waals surface area contributed by atoms with Crippen LogP contribution >= 0.6 is 0 Å². The number of methoxy groups -OCH3 is 1. The molecule has 1 amide bonds. The Labute approximate surface area is 76.1 Å². The van der Waals surface area contributed by atoms with Gasteiger partial charge in [-0.2, -0.15) is 10.2 Å². The average Bonchev–Trinajstić information content (AvgIpc) is 2.19. The Morgan fingerprint density at radius 1 is 1.62 bits per heavy atom. The third kappa shape index (κ3) is 3.16. The first kappa shape index (κ1) is 9.60. The largest absolute Gasteiger partial charge is 0.383 e. The molecule has 0 fully saturated rings. The van der Waals surface area contributed by atoms with Crippen LogP contribution in [0.4, 0.5) is 0 Å². The minimum Gasteiger partial charge on any atom is -0.383 e. The van der Waals surface area contributed by atoms with E-state index < -0.39 is 0 Å². The molecular formula is C8H11N3O2. The van der Waals surface area contributed by atoms with Crippen molar-refractivity contribution in [2.24, 2.45) is 0 Å². The van der Waals surface area contributed by atoms with Gasteiger partial charge in [0.05, 0.1) is 24.6 Å². The lowest BCUT2D eigenvalue weighted by Crippen LogP contribution is -2.26. The smallest absolute Gasteiger partial charge is 0.253 e. The van der Waals surface area contributed by atoms with Gasteiger partial charge in [-0.3, -0.25) is 4.79 Å². The summed E-state index contributed by atoms with van der Waals surface area (Å²) < 4.78 is 4.79. The van der Waals surface area contributed by atoms with Gasteiger partial charge in [0.1, 0.15) is 0 Å². The van der Waals surface area contributed by atoms with E-state index in [1.807, 2.05) is 0 Å². The molecule has 0 aromatic carbocycles. The lowest BCUT2D eigenvalue weighted by molar-refractivity contribution is 0.0936. The van der Waals surface area contributed by atoms with Crippen LogP contribution in [0.1, 0.15) is 10.4 Å². The van der Waals surface area contributed by atoms with E-state index in [1.54, 1.807) is 13.2 Å². The standard InChI is InChI=1S/C8H11N3O2/c1-13-5-4-9-8(12)7-2-3-10-11-6-7/h2-3,6H,4-5H2,1H3,(H,9,12). The van der Waals surface area contributed by atoms with Gasteiger partial charge in [0.2, 0.25) is 0 Å². The van der Waals surface area contributed by atoms with Crippen LogP contribution < -0.4 is 5.32 Å². The van der Waals surface area contributed by atoms with E-state index in [2.05, 4.69) is 15.5 Å². The molecule has 0 bridgehead atoms. The van der Waals surface area contributed by atoms with Crippen LogP contribution in [0, 0.1) is 0 Å². The highest BCUT2D eigenvalue weighted by molar-refractivity contribution is 5.93. The molecule has 1 rings (SSSR count). The molecule has 0 spiro atoms. The van der Waals surface area contributed by atoms with E-state index in [0.29, 0.717) is 18.7 Å². The van der Waals surface area contributed by atoms with Gasteiger partial charge in [-0.05, 0) is 6.07 Å². The molecule has 13 heavy (non-hydrogen) atoms. The van der Waals surface area contributed by atoms with Crippen molar-refractivity contribution in [2.75, 3.05) is 20.3 Å². The molecule has 5 nitrogen and oxygen atoms in total. The Balaban J connectivity index is 2.40. The molecule has 0 saturated heterocycles. The van der Waals surface area contributed by atoms with Gasteiger partial charge in [-0.1, -0.05) is 0 Å². The number of aromatic nitrogens is 2. The predicted molar refractivity (Wildman–Crippen MR) is 46.2 cm³/mol. The first-order chi connectivity index (χ1) is 6.34. The van der Waals surface area contributed by atoms with Crippen molar-refractivity contribution >= 4 is 5.91 Å². The zero-order valence-electron chi connectivity index (χ0n) is 7.36. The van der Waals surface area contributed by atoms with Crippen LogP contribution in [0.15, 0.2) is 18.5 Å². The van der Waals surface area contributed by atoms with Gasteiger partial charge in [0, 0.05) is 13.7 Å². The predicted octanol–water partition coefficient (Wildman–Crippen LogP) is -0.147. The van der Waals surface area contributed by atoms with Crippen LogP contribution in [0.3, 0.4) is 0 Å². The van der Waals surface area contributed by atoms with Crippen molar-refractivity contribution in [3.05, 3.63) is 24.0 Å². The molecule has 0 atom stereocenters. The van der Waals surface area contributed by atoms with Crippen molar-refractivity contribution in [2.45, 2.75) is 0 Å². The second-order valence-corrected chi connectivity index (χ2v) is 2.38. The van der Waals surface area contributed by atoms with Gasteiger partial charge in [-0.15, -0.1) is 0 Å². The van der Waals surface area contributed by atoms with E-state index in [9.17, 15) is 4.79 Å². The highest BCUT2D eigenvalue weighted by atomic mass is 16.5. The fraction of sp³-hybridized carbons (Fsp3) is 0.375. The molecule has 1 N–H and O–H groups in total. The minimum absolute atomic E-state index is 0.160. The minimum atomic E-state index is -0.160. The number of nitrogens with one attached hydrogen (secondary N) is 1. The molecule has 1 aromatic rings. The molecule has 0 aliphatic carbocycles. The molecule has 5 heteroatoms. The number of ether oxygens (including phenoxy) is 1. The van der Waals surface area contributed by atoms with Crippen molar-refractivity contribution in [1.29, 1.82) is 0 Å². The lowest BCUT2D eigenvalue weighted by Gasteiger charge is -2.02. The number of carbonyl (C=O) groups is 1. The fourth-order valence-corrected chi connectivity index (χ4v) is 0.794. The molecule has 0 saturated carbocycles. The monoisotopic (exact) mass is 181 g/mol. The van der Waals surface area contributed by atoms with Crippen molar-refractivity contribution in [3.63, 3.8) is 0 Å². The number of hydrogen-bond acceptors (Lipinski definition) is 4. The molecule has 0 aliphatic heterocycles. The van der Waals surface area contributed by atoms with Crippen molar-refractivity contribution in [1.82, 2.24) is 15.5 Å². The molecule has 0 radical (unpaired) electrons. The Hall–Kier alpha value is -1.49. The average molecular weight is 181 g/mol. The maximum atomic E-state index is 11.3. The summed E-state index contributed by atoms with van der Waals surface area (Å²) in [6, 6.07) is 1.61.